The minimum absolute atomic E-state index is 0.308. The average Bonchev–Trinajstić information content (AvgIpc) is 3.18. The molecule has 0 amide bonds. The molecule has 0 saturated heterocycles. The van der Waals surface area contributed by atoms with Gasteiger partial charge in [0, 0.05) is 12.4 Å². The summed E-state index contributed by atoms with van der Waals surface area (Å²) < 4.78 is 16.4. The van der Waals surface area contributed by atoms with E-state index in [1.807, 2.05) is 32.9 Å². The van der Waals surface area contributed by atoms with Gasteiger partial charge in [0.05, 0.1) is 10.5 Å². The van der Waals surface area contributed by atoms with Gasteiger partial charge in [0.15, 0.2) is 0 Å². The maximum atomic E-state index is 12.2. The zero-order valence-corrected chi connectivity index (χ0v) is 12.7. The number of pyridine rings is 1. The predicted octanol–water partition coefficient (Wildman–Crippen LogP) is 3.52. The molecule has 0 radical (unpaired) electrons. The summed E-state index contributed by atoms with van der Waals surface area (Å²) in [6.45, 7) is 5.87. The third-order valence-electron chi connectivity index (χ3n) is 3.22. The second-order valence-electron chi connectivity index (χ2n) is 6.12. The fraction of sp³-hybridized carbons (Fsp3) is 0.600. The Morgan fingerprint density at radius 3 is 2.53 bits per heavy atom. The van der Waals surface area contributed by atoms with Crippen LogP contribution in [0.15, 0.2) is 28.9 Å². The molecule has 1 aromatic heterocycles. The largest absolute Gasteiger partial charge is 0.265 e. The fourth-order valence-corrected chi connectivity index (χ4v) is 2.44. The Bertz CT molecular complexity index is 473. The Morgan fingerprint density at radius 2 is 2.00 bits per heavy atom. The average molecular weight is 278 g/mol. The van der Waals surface area contributed by atoms with Crippen LogP contribution < -0.4 is 0 Å². The predicted molar refractivity (Wildman–Crippen MR) is 80.6 cm³/mol. The van der Waals surface area contributed by atoms with Crippen molar-refractivity contribution in [3.63, 3.8) is 0 Å². The highest BCUT2D eigenvalue weighted by molar-refractivity contribution is 7.85. The lowest BCUT2D eigenvalue weighted by Crippen LogP contribution is -2.21. The van der Waals surface area contributed by atoms with Crippen molar-refractivity contribution < 1.29 is 4.21 Å². The highest BCUT2D eigenvalue weighted by Crippen LogP contribution is 2.34. The number of aromatic nitrogens is 1. The molecule has 1 aliphatic rings. The fourth-order valence-electron chi connectivity index (χ4n) is 1.77. The maximum Gasteiger partial charge on any atom is 0.145 e. The van der Waals surface area contributed by atoms with Gasteiger partial charge in [-0.15, -0.1) is 0 Å². The zero-order valence-electron chi connectivity index (χ0n) is 11.9. The normalized spacial score (nSPS) is 18.4. The summed E-state index contributed by atoms with van der Waals surface area (Å²) >= 11 is 0. The lowest BCUT2D eigenvalue weighted by molar-refractivity contribution is 0.650. The topological polar surface area (TPSA) is 42.3 Å². The van der Waals surface area contributed by atoms with Gasteiger partial charge >= 0.3 is 0 Å². The molecule has 1 aromatic rings. The van der Waals surface area contributed by atoms with Gasteiger partial charge in [0.2, 0.25) is 0 Å². The van der Waals surface area contributed by atoms with E-state index in [9.17, 15) is 4.21 Å². The molecule has 1 saturated carbocycles. The summed E-state index contributed by atoms with van der Waals surface area (Å²) in [6.07, 6.45) is 8.28. The van der Waals surface area contributed by atoms with Crippen LogP contribution in [0.5, 0.6) is 0 Å². The first-order valence-electron chi connectivity index (χ1n) is 6.87. The van der Waals surface area contributed by atoms with Crippen LogP contribution >= 0.6 is 0 Å². The second-order valence-corrected chi connectivity index (χ2v) is 8.02. The zero-order chi connectivity index (χ0) is 13.9. The van der Waals surface area contributed by atoms with Crippen LogP contribution in [0.1, 0.15) is 52.0 Å². The quantitative estimate of drug-likeness (QED) is 0.773. The van der Waals surface area contributed by atoms with Gasteiger partial charge in [0.25, 0.3) is 0 Å². The maximum absolute atomic E-state index is 12.2. The molecule has 1 unspecified atom stereocenters. The molecular weight excluding hydrogens is 256 g/mol. The monoisotopic (exact) mass is 278 g/mol. The van der Waals surface area contributed by atoms with Crippen molar-refractivity contribution in [2.75, 3.05) is 0 Å². The molecule has 0 bridgehead atoms. The van der Waals surface area contributed by atoms with Gasteiger partial charge in [-0.05, 0) is 57.2 Å². The van der Waals surface area contributed by atoms with Crippen LogP contribution in [-0.4, -0.2) is 19.7 Å². The first-order valence-corrected chi connectivity index (χ1v) is 7.97. The standard InChI is InChI=1S/C15H22N2OS/c1-15(2,3)19(18)17-14(7-6-12-4-5-12)13-8-10-16-11-9-13/h8-12H,4-7H2,1-3H3/b17-14+. The molecule has 19 heavy (non-hydrogen) atoms. The van der Waals surface area contributed by atoms with Crippen molar-refractivity contribution in [1.82, 2.24) is 4.98 Å². The Kier molecular flexibility index (Phi) is 4.50. The van der Waals surface area contributed by atoms with Crippen LogP contribution in [0.2, 0.25) is 0 Å². The smallest absolute Gasteiger partial charge is 0.145 e. The van der Waals surface area contributed by atoms with Gasteiger partial charge in [0.1, 0.15) is 11.0 Å². The molecule has 0 aromatic carbocycles. The molecule has 1 atom stereocenters. The molecule has 4 heteroatoms. The van der Waals surface area contributed by atoms with E-state index in [0.29, 0.717) is 0 Å². The van der Waals surface area contributed by atoms with E-state index in [0.717, 1.165) is 30.0 Å². The summed E-state index contributed by atoms with van der Waals surface area (Å²) in [7, 11) is -1.19. The van der Waals surface area contributed by atoms with Crippen molar-refractivity contribution in [1.29, 1.82) is 0 Å². The summed E-state index contributed by atoms with van der Waals surface area (Å²) in [6, 6.07) is 3.90. The minimum Gasteiger partial charge on any atom is -0.265 e. The molecule has 3 nitrogen and oxygen atoms in total. The lowest BCUT2D eigenvalue weighted by Gasteiger charge is -2.15. The van der Waals surface area contributed by atoms with E-state index in [-0.39, 0.29) is 4.75 Å². The van der Waals surface area contributed by atoms with Crippen LogP contribution in [0, 0.1) is 5.92 Å². The van der Waals surface area contributed by atoms with Crippen molar-refractivity contribution >= 4 is 16.7 Å². The van der Waals surface area contributed by atoms with Gasteiger partial charge in [-0.1, -0.05) is 12.8 Å². The van der Waals surface area contributed by atoms with E-state index >= 15 is 0 Å². The Balaban J connectivity index is 2.17. The Morgan fingerprint density at radius 1 is 1.37 bits per heavy atom. The van der Waals surface area contributed by atoms with Crippen LogP contribution in [0.25, 0.3) is 0 Å². The third-order valence-corrected chi connectivity index (χ3v) is 4.65. The second kappa shape index (κ2) is 5.95. The minimum atomic E-state index is -1.19. The molecule has 104 valence electrons. The number of nitrogens with zero attached hydrogens (tertiary/aromatic N) is 2. The molecular formula is C15H22N2OS. The Hall–Kier alpha value is -1.03. The van der Waals surface area contributed by atoms with Crippen LogP contribution in [0.3, 0.4) is 0 Å². The van der Waals surface area contributed by atoms with Gasteiger partial charge in [-0.25, -0.2) is 4.21 Å². The van der Waals surface area contributed by atoms with Crippen molar-refractivity contribution in [3.8, 4) is 0 Å². The molecule has 0 N–H and O–H groups in total. The summed E-state index contributed by atoms with van der Waals surface area (Å²) in [4.78, 5) is 4.03. The Labute approximate surface area is 118 Å². The van der Waals surface area contributed by atoms with E-state index in [4.69, 9.17) is 0 Å². The summed E-state index contributed by atoms with van der Waals surface area (Å²) in [5.41, 5.74) is 2.01. The molecule has 1 heterocycles. The van der Waals surface area contributed by atoms with Crippen LogP contribution in [0.4, 0.5) is 0 Å². The molecule has 0 spiro atoms. The summed E-state index contributed by atoms with van der Waals surface area (Å²) in [5.74, 6) is 0.857. The van der Waals surface area contributed by atoms with Crippen molar-refractivity contribution in [3.05, 3.63) is 30.1 Å². The highest BCUT2D eigenvalue weighted by atomic mass is 32.2. The van der Waals surface area contributed by atoms with Crippen molar-refractivity contribution in [2.24, 2.45) is 10.3 Å². The van der Waals surface area contributed by atoms with Gasteiger partial charge in [-0.3, -0.25) is 4.98 Å². The van der Waals surface area contributed by atoms with Crippen LogP contribution in [-0.2, 0) is 11.0 Å². The van der Waals surface area contributed by atoms with E-state index < -0.39 is 11.0 Å². The first-order chi connectivity index (χ1) is 8.97. The summed E-state index contributed by atoms with van der Waals surface area (Å²) in [5, 5.41) is 0. The molecule has 1 aliphatic carbocycles. The van der Waals surface area contributed by atoms with E-state index in [1.165, 1.54) is 12.8 Å². The van der Waals surface area contributed by atoms with Gasteiger partial charge < -0.3 is 0 Å². The van der Waals surface area contributed by atoms with Gasteiger partial charge in [-0.2, -0.15) is 4.40 Å². The third kappa shape index (κ3) is 4.53. The lowest BCUT2D eigenvalue weighted by atomic mass is 10.1. The molecule has 1 fully saturated rings. The number of rotatable bonds is 5. The first kappa shape index (κ1) is 14.4. The van der Waals surface area contributed by atoms with Crippen molar-refractivity contribution in [2.45, 2.75) is 51.2 Å². The van der Waals surface area contributed by atoms with E-state index in [2.05, 4.69) is 9.38 Å². The number of hydrogen-bond donors (Lipinski definition) is 0. The highest BCUT2D eigenvalue weighted by Gasteiger charge is 2.23. The molecule has 0 aliphatic heterocycles. The number of hydrogen-bond acceptors (Lipinski definition) is 2. The SMILES string of the molecule is CC(C)(C)S(=O)/N=C(\CCC1CC1)c1ccncc1. The molecule has 2 rings (SSSR count). The van der Waals surface area contributed by atoms with E-state index in [1.54, 1.807) is 12.4 Å².